The van der Waals surface area contributed by atoms with Crippen LogP contribution in [0.5, 0.6) is 0 Å². The van der Waals surface area contributed by atoms with Crippen molar-refractivity contribution in [3.8, 4) is 0 Å². The summed E-state index contributed by atoms with van der Waals surface area (Å²) < 4.78 is 13.5. The van der Waals surface area contributed by atoms with Crippen molar-refractivity contribution in [2.45, 2.75) is 26.4 Å². The number of halogens is 2. The highest BCUT2D eigenvalue weighted by molar-refractivity contribution is 7.09. The molecule has 2 rings (SSSR count). The van der Waals surface area contributed by atoms with Gasteiger partial charge in [-0.3, -0.25) is 0 Å². The van der Waals surface area contributed by atoms with E-state index >= 15 is 0 Å². The zero-order chi connectivity index (χ0) is 13.1. The standard InChI is InChI=1S/C13H14ClFN2S/c1-8-7-18-13(17-8)9(2)16-6-10-5-11(14)3-4-12(10)15/h3-5,7,9,16H,6H2,1-2H3. The van der Waals surface area contributed by atoms with Crippen molar-refractivity contribution in [3.63, 3.8) is 0 Å². The fourth-order valence-corrected chi connectivity index (χ4v) is 2.62. The summed E-state index contributed by atoms with van der Waals surface area (Å²) >= 11 is 7.45. The van der Waals surface area contributed by atoms with Gasteiger partial charge in [0.05, 0.1) is 6.04 Å². The maximum absolute atomic E-state index is 13.5. The maximum atomic E-state index is 13.5. The molecule has 0 aliphatic carbocycles. The molecule has 2 nitrogen and oxygen atoms in total. The first kappa shape index (κ1) is 13.5. The van der Waals surface area contributed by atoms with Gasteiger partial charge in [-0.05, 0) is 32.0 Å². The van der Waals surface area contributed by atoms with Crippen LogP contribution < -0.4 is 5.32 Å². The molecule has 0 saturated carbocycles. The van der Waals surface area contributed by atoms with E-state index in [1.807, 2.05) is 19.2 Å². The third-order valence-corrected chi connectivity index (χ3v) is 3.99. The Kier molecular flexibility index (Phi) is 4.32. The minimum Gasteiger partial charge on any atom is -0.304 e. The van der Waals surface area contributed by atoms with Gasteiger partial charge >= 0.3 is 0 Å². The van der Waals surface area contributed by atoms with Gasteiger partial charge in [0.2, 0.25) is 0 Å². The van der Waals surface area contributed by atoms with Crippen LogP contribution in [0, 0.1) is 12.7 Å². The smallest absolute Gasteiger partial charge is 0.127 e. The van der Waals surface area contributed by atoms with Crippen molar-refractivity contribution in [1.29, 1.82) is 0 Å². The molecule has 0 radical (unpaired) electrons. The largest absolute Gasteiger partial charge is 0.304 e. The molecule has 0 saturated heterocycles. The van der Waals surface area contributed by atoms with Crippen molar-refractivity contribution >= 4 is 22.9 Å². The van der Waals surface area contributed by atoms with Crippen LogP contribution in [0.3, 0.4) is 0 Å². The quantitative estimate of drug-likeness (QED) is 0.914. The zero-order valence-corrected chi connectivity index (χ0v) is 11.8. The Morgan fingerprint density at radius 3 is 2.94 bits per heavy atom. The Hall–Kier alpha value is -0.970. The molecule has 0 aliphatic heterocycles. The predicted octanol–water partition coefficient (Wildman–Crippen LogP) is 4.09. The number of thiazole rings is 1. The second-order valence-electron chi connectivity index (χ2n) is 4.17. The van der Waals surface area contributed by atoms with E-state index in [0.29, 0.717) is 17.1 Å². The zero-order valence-electron chi connectivity index (χ0n) is 10.2. The van der Waals surface area contributed by atoms with Crippen LogP contribution in [0.15, 0.2) is 23.6 Å². The average Bonchev–Trinajstić information content (AvgIpc) is 2.77. The highest BCUT2D eigenvalue weighted by Crippen LogP contribution is 2.19. The molecule has 1 N–H and O–H groups in total. The lowest BCUT2D eigenvalue weighted by molar-refractivity contribution is 0.542. The second-order valence-corrected chi connectivity index (χ2v) is 5.49. The van der Waals surface area contributed by atoms with Crippen LogP contribution >= 0.6 is 22.9 Å². The van der Waals surface area contributed by atoms with Crippen molar-refractivity contribution < 1.29 is 4.39 Å². The van der Waals surface area contributed by atoms with E-state index in [2.05, 4.69) is 10.3 Å². The van der Waals surface area contributed by atoms with Crippen molar-refractivity contribution in [2.24, 2.45) is 0 Å². The van der Waals surface area contributed by atoms with Gasteiger partial charge in [0.1, 0.15) is 10.8 Å². The molecule has 2 aromatic rings. The van der Waals surface area contributed by atoms with Gasteiger partial charge in [0, 0.05) is 28.2 Å². The van der Waals surface area contributed by atoms with Crippen LogP contribution in [0.4, 0.5) is 4.39 Å². The van der Waals surface area contributed by atoms with E-state index in [1.165, 1.54) is 6.07 Å². The molecule has 1 heterocycles. The molecule has 0 bridgehead atoms. The number of aryl methyl sites for hydroxylation is 1. The lowest BCUT2D eigenvalue weighted by Gasteiger charge is -2.11. The first-order valence-electron chi connectivity index (χ1n) is 5.65. The van der Waals surface area contributed by atoms with Crippen molar-refractivity contribution in [2.75, 3.05) is 0 Å². The Bertz CT molecular complexity index is 542. The van der Waals surface area contributed by atoms with E-state index in [4.69, 9.17) is 11.6 Å². The average molecular weight is 285 g/mol. The van der Waals surface area contributed by atoms with Crippen molar-refractivity contribution in [3.05, 3.63) is 50.7 Å². The summed E-state index contributed by atoms with van der Waals surface area (Å²) in [4.78, 5) is 4.40. The van der Waals surface area contributed by atoms with Crippen molar-refractivity contribution in [1.82, 2.24) is 10.3 Å². The second kappa shape index (κ2) is 5.78. The minimum atomic E-state index is -0.241. The molecule has 1 aromatic heterocycles. The minimum absolute atomic E-state index is 0.0991. The number of hydrogen-bond donors (Lipinski definition) is 1. The number of aromatic nitrogens is 1. The van der Waals surface area contributed by atoms with E-state index in [1.54, 1.807) is 23.5 Å². The highest BCUT2D eigenvalue weighted by atomic mass is 35.5. The number of nitrogens with zero attached hydrogens (tertiary/aromatic N) is 1. The third-order valence-electron chi connectivity index (χ3n) is 2.61. The summed E-state index contributed by atoms with van der Waals surface area (Å²) in [5, 5.41) is 6.81. The topological polar surface area (TPSA) is 24.9 Å². The fraction of sp³-hybridized carbons (Fsp3) is 0.308. The van der Waals surface area contributed by atoms with E-state index in [0.717, 1.165) is 10.7 Å². The molecule has 96 valence electrons. The van der Waals surface area contributed by atoms with Gasteiger partial charge in [0.25, 0.3) is 0 Å². The number of rotatable bonds is 4. The molecule has 18 heavy (non-hydrogen) atoms. The SMILES string of the molecule is Cc1csc(C(C)NCc2cc(Cl)ccc2F)n1. The summed E-state index contributed by atoms with van der Waals surface area (Å²) in [6.45, 7) is 4.41. The third kappa shape index (κ3) is 3.28. The van der Waals surface area contributed by atoms with E-state index in [-0.39, 0.29) is 11.9 Å². The van der Waals surface area contributed by atoms with Crippen LogP contribution in [-0.2, 0) is 6.54 Å². The summed E-state index contributed by atoms with van der Waals surface area (Å²) in [5.41, 5.74) is 1.58. The van der Waals surface area contributed by atoms with Crippen LogP contribution in [0.2, 0.25) is 5.02 Å². The monoisotopic (exact) mass is 284 g/mol. The van der Waals surface area contributed by atoms with Gasteiger partial charge in [-0.2, -0.15) is 0 Å². The number of nitrogens with one attached hydrogen (secondary N) is 1. The normalized spacial score (nSPS) is 12.7. The lowest BCUT2D eigenvalue weighted by atomic mass is 10.2. The number of hydrogen-bond acceptors (Lipinski definition) is 3. The van der Waals surface area contributed by atoms with Crippen LogP contribution in [-0.4, -0.2) is 4.98 Å². The highest BCUT2D eigenvalue weighted by Gasteiger charge is 2.10. The molecular weight excluding hydrogens is 271 g/mol. The summed E-state index contributed by atoms with van der Waals surface area (Å²) in [6, 6.07) is 4.68. The summed E-state index contributed by atoms with van der Waals surface area (Å²) in [5.74, 6) is -0.241. The fourth-order valence-electron chi connectivity index (χ4n) is 1.60. The Morgan fingerprint density at radius 1 is 1.50 bits per heavy atom. The first-order valence-corrected chi connectivity index (χ1v) is 6.91. The predicted molar refractivity (Wildman–Crippen MR) is 73.5 cm³/mol. The molecule has 0 spiro atoms. The molecule has 0 amide bonds. The van der Waals surface area contributed by atoms with Gasteiger partial charge in [-0.25, -0.2) is 9.37 Å². The summed E-state index contributed by atoms with van der Waals surface area (Å²) in [7, 11) is 0. The molecule has 1 unspecified atom stereocenters. The van der Waals surface area contributed by atoms with Gasteiger partial charge in [0.15, 0.2) is 0 Å². The Labute approximate surface area is 115 Å². The van der Waals surface area contributed by atoms with Gasteiger partial charge in [-0.15, -0.1) is 11.3 Å². The first-order chi connectivity index (χ1) is 8.56. The molecule has 0 aliphatic rings. The molecule has 5 heteroatoms. The van der Waals surface area contributed by atoms with E-state index < -0.39 is 0 Å². The molecule has 0 fully saturated rings. The van der Waals surface area contributed by atoms with Crippen LogP contribution in [0.1, 0.15) is 29.2 Å². The molecule has 1 aromatic carbocycles. The molecule has 1 atom stereocenters. The van der Waals surface area contributed by atoms with E-state index in [9.17, 15) is 4.39 Å². The maximum Gasteiger partial charge on any atom is 0.127 e. The van der Waals surface area contributed by atoms with Gasteiger partial charge < -0.3 is 5.32 Å². The Balaban J connectivity index is 2.01. The number of benzene rings is 1. The summed E-state index contributed by atoms with van der Waals surface area (Å²) in [6.07, 6.45) is 0. The molecular formula is C13H14ClFN2S. The van der Waals surface area contributed by atoms with Gasteiger partial charge in [-0.1, -0.05) is 11.6 Å². The Morgan fingerprint density at radius 2 is 2.28 bits per heavy atom. The lowest BCUT2D eigenvalue weighted by Crippen LogP contribution is -2.18. The van der Waals surface area contributed by atoms with Crippen LogP contribution in [0.25, 0.3) is 0 Å².